The van der Waals surface area contributed by atoms with Gasteiger partial charge >= 0.3 is 0 Å². The third-order valence-electron chi connectivity index (χ3n) is 3.67. The lowest BCUT2D eigenvalue weighted by molar-refractivity contribution is -0.115. The van der Waals surface area contributed by atoms with Gasteiger partial charge in [-0.05, 0) is 46.2 Å². The van der Waals surface area contributed by atoms with Crippen molar-refractivity contribution in [1.82, 2.24) is 5.16 Å². The molecule has 22 heavy (non-hydrogen) atoms. The van der Waals surface area contributed by atoms with Gasteiger partial charge in [0, 0.05) is 17.0 Å². The number of benzene rings is 1. The average Bonchev–Trinajstić information content (AvgIpc) is 2.78. The van der Waals surface area contributed by atoms with Crippen LogP contribution in [0, 0.1) is 27.7 Å². The number of hydrogen-bond acceptors (Lipinski definition) is 4. The van der Waals surface area contributed by atoms with Crippen molar-refractivity contribution in [3.05, 3.63) is 46.3 Å². The van der Waals surface area contributed by atoms with E-state index in [0.717, 1.165) is 34.0 Å². The molecule has 0 aliphatic heterocycles. The zero-order valence-electron chi connectivity index (χ0n) is 13.7. The predicted molar refractivity (Wildman–Crippen MR) is 91.3 cm³/mol. The second-order valence-electron chi connectivity index (χ2n) is 5.56. The zero-order valence-corrected chi connectivity index (χ0v) is 14.5. The van der Waals surface area contributed by atoms with Crippen LogP contribution in [-0.4, -0.2) is 16.3 Å². The summed E-state index contributed by atoms with van der Waals surface area (Å²) in [4.78, 5) is 12.3. The monoisotopic (exact) mass is 318 g/mol. The molecule has 4 nitrogen and oxygen atoms in total. The minimum absolute atomic E-state index is 0.0173. The first-order valence-corrected chi connectivity index (χ1v) is 8.35. The van der Waals surface area contributed by atoms with Crippen LogP contribution >= 0.6 is 11.8 Å². The van der Waals surface area contributed by atoms with E-state index in [1.165, 1.54) is 5.56 Å². The maximum atomic E-state index is 12.3. The van der Waals surface area contributed by atoms with Gasteiger partial charge in [-0.1, -0.05) is 22.9 Å². The predicted octanol–water partition coefficient (Wildman–Crippen LogP) is 4.17. The smallest absolute Gasteiger partial charge is 0.237 e. The highest BCUT2D eigenvalue weighted by Gasteiger charge is 2.17. The number of thioether (sulfide) groups is 1. The minimum Gasteiger partial charge on any atom is -0.361 e. The lowest BCUT2D eigenvalue weighted by Crippen LogP contribution is -2.23. The summed E-state index contributed by atoms with van der Waals surface area (Å²) in [5.41, 5.74) is 5.12. The Morgan fingerprint density at radius 2 is 2.05 bits per heavy atom. The first kappa shape index (κ1) is 16.6. The molecule has 0 spiro atoms. The van der Waals surface area contributed by atoms with Gasteiger partial charge in [0.15, 0.2) is 0 Å². The quantitative estimate of drug-likeness (QED) is 0.899. The molecule has 5 heteroatoms. The highest BCUT2D eigenvalue weighted by molar-refractivity contribution is 7.99. The van der Waals surface area contributed by atoms with Crippen LogP contribution in [0.1, 0.15) is 35.1 Å². The van der Waals surface area contributed by atoms with Gasteiger partial charge in [-0.3, -0.25) is 4.79 Å². The fourth-order valence-corrected chi connectivity index (χ4v) is 3.22. The summed E-state index contributed by atoms with van der Waals surface area (Å²) in [6.45, 7) is 9.79. The Hall–Kier alpha value is -1.75. The number of aryl methyl sites for hydroxylation is 4. The molecule has 0 aliphatic rings. The summed E-state index contributed by atoms with van der Waals surface area (Å²) in [6.07, 6.45) is 0. The van der Waals surface area contributed by atoms with E-state index in [1.54, 1.807) is 11.8 Å². The van der Waals surface area contributed by atoms with Crippen LogP contribution in [0.4, 0.5) is 5.69 Å². The molecule has 2 rings (SSSR count). The Bertz CT molecular complexity index is 660. The molecule has 1 heterocycles. The normalized spacial score (nSPS) is 12.2. The summed E-state index contributed by atoms with van der Waals surface area (Å²) in [6, 6.07) is 6.02. The molecule has 118 valence electrons. The molecule has 1 aromatic heterocycles. The number of nitrogens with one attached hydrogen (secondary N) is 1. The van der Waals surface area contributed by atoms with Gasteiger partial charge in [0.1, 0.15) is 5.76 Å². The second kappa shape index (κ2) is 7.01. The van der Waals surface area contributed by atoms with E-state index in [2.05, 4.69) is 16.5 Å². The van der Waals surface area contributed by atoms with Gasteiger partial charge in [0.05, 0.1) is 10.9 Å². The number of anilines is 1. The molecule has 1 aromatic carbocycles. The van der Waals surface area contributed by atoms with Crippen LogP contribution in [0.3, 0.4) is 0 Å². The molecule has 0 saturated carbocycles. The molecule has 1 atom stereocenters. The van der Waals surface area contributed by atoms with Gasteiger partial charge in [-0.25, -0.2) is 0 Å². The topological polar surface area (TPSA) is 55.1 Å². The van der Waals surface area contributed by atoms with Crippen LogP contribution in [-0.2, 0) is 10.5 Å². The third-order valence-corrected chi connectivity index (χ3v) is 4.84. The minimum atomic E-state index is -0.144. The first-order valence-electron chi connectivity index (χ1n) is 7.30. The Balaban J connectivity index is 1.95. The van der Waals surface area contributed by atoms with Crippen molar-refractivity contribution < 1.29 is 9.32 Å². The van der Waals surface area contributed by atoms with Gasteiger partial charge in [0.25, 0.3) is 0 Å². The van der Waals surface area contributed by atoms with E-state index < -0.39 is 0 Å². The van der Waals surface area contributed by atoms with Crippen molar-refractivity contribution in [2.75, 3.05) is 5.32 Å². The fraction of sp³-hybridized carbons (Fsp3) is 0.412. The maximum absolute atomic E-state index is 12.3. The molecular weight excluding hydrogens is 296 g/mol. The van der Waals surface area contributed by atoms with Crippen LogP contribution in [0.2, 0.25) is 0 Å². The average molecular weight is 318 g/mol. The van der Waals surface area contributed by atoms with E-state index in [-0.39, 0.29) is 11.2 Å². The number of rotatable bonds is 5. The van der Waals surface area contributed by atoms with Gasteiger partial charge in [0.2, 0.25) is 5.91 Å². The lowest BCUT2D eigenvalue weighted by atomic mass is 10.1. The third kappa shape index (κ3) is 3.91. The molecule has 1 N–H and O–H groups in total. The lowest BCUT2D eigenvalue weighted by Gasteiger charge is -2.14. The van der Waals surface area contributed by atoms with E-state index in [1.807, 2.05) is 46.8 Å². The van der Waals surface area contributed by atoms with Crippen LogP contribution < -0.4 is 5.32 Å². The number of aromatic nitrogens is 1. The number of nitrogens with zero attached hydrogens (tertiary/aromatic N) is 1. The highest BCUT2D eigenvalue weighted by atomic mass is 32.2. The SMILES string of the molecule is Cc1ccc(NC(=O)C(C)SCc2c(C)noc2C)c(C)c1. The van der Waals surface area contributed by atoms with Crippen LogP contribution in [0.5, 0.6) is 0 Å². The number of hydrogen-bond donors (Lipinski definition) is 1. The molecular formula is C17H22N2O2S. The second-order valence-corrected chi connectivity index (χ2v) is 6.89. The van der Waals surface area contributed by atoms with Crippen molar-refractivity contribution in [3.8, 4) is 0 Å². The summed E-state index contributed by atoms with van der Waals surface area (Å²) in [5.74, 6) is 1.57. The van der Waals surface area contributed by atoms with E-state index in [9.17, 15) is 4.79 Å². The molecule has 1 amide bonds. The molecule has 0 aliphatic carbocycles. The Labute approximate surface area is 135 Å². The number of carbonyl (C=O) groups excluding carboxylic acids is 1. The van der Waals surface area contributed by atoms with Crippen molar-refractivity contribution in [2.45, 2.75) is 45.6 Å². The summed E-state index contributed by atoms with van der Waals surface area (Å²) >= 11 is 1.59. The first-order chi connectivity index (χ1) is 10.4. The molecule has 0 fully saturated rings. The van der Waals surface area contributed by atoms with Gasteiger partial charge < -0.3 is 9.84 Å². The highest BCUT2D eigenvalue weighted by Crippen LogP contribution is 2.24. The van der Waals surface area contributed by atoms with Crippen molar-refractivity contribution in [3.63, 3.8) is 0 Å². The van der Waals surface area contributed by atoms with E-state index >= 15 is 0 Å². The van der Waals surface area contributed by atoms with E-state index in [4.69, 9.17) is 4.52 Å². The van der Waals surface area contributed by atoms with Crippen molar-refractivity contribution >= 4 is 23.4 Å². The Kier molecular flexibility index (Phi) is 5.29. The van der Waals surface area contributed by atoms with Gasteiger partial charge in [-0.2, -0.15) is 0 Å². The standard InChI is InChI=1S/C17H22N2O2S/c1-10-6-7-16(11(2)8-10)18-17(20)14(5)22-9-15-12(3)19-21-13(15)4/h6-8,14H,9H2,1-5H3,(H,18,20). The number of carbonyl (C=O) groups is 1. The number of amides is 1. The fourth-order valence-electron chi connectivity index (χ4n) is 2.18. The van der Waals surface area contributed by atoms with Crippen LogP contribution in [0.25, 0.3) is 0 Å². The molecule has 0 saturated heterocycles. The molecule has 2 aromatic rings. The summed E-state index contributed by atoms with van der Waals surface area (Å²) < 4.78 is 5.15. The largest absolute Gasteiger partial charge is 0.361 e. The zero-order chi connectivity index (χ0) is 16.3. The Morgan fingerprint density at radius 3 is 2.64 bits per heavy atom. The van der Waals surface area contributed by atoms with Crippen molar-refractivity contribution in [1.29, 1.82) is 0 Å². The van der Waals surface area contributed by atoms with Crippen LogP contribution in [0.15, 0.2) is 22.7 Å². The summed E-state index contributed by atoms with van der Waals surface area (Å²) in [5, 5.41) is 6.79. The summed E-state index contributed by atoms with van der Waals surface area (Å²) in [7, 11) is 0. The van der Waals surface area contributed by atoms with Crippen molar-refractivity contribution in [2.24, 2.45) is 0 Å². The van der Waals surface area contributed by atoms with E-state index in [0.29, 0.717) is 0 Å². The Morgan fingerprint density at radius 1 is 1.32 bits per heavy atom. The van der Waals surface area contributed by atoms with Gasteiger partial charge in [-0.15, -0.1) is 11.8 Å². The molecule has 1 unspecified atom stereocenters. The maximum Gasteiger partial charge on any atom is 0.237 e. The molecule has 0 radical (unpaired) electrons. The molecule has 0 bridgehead atoms.